The van der Waals surface area contributed by atoms with Crippen LogP contribution in [0.3, 0.4) is 0 Å². The molecule has 1 amide bonds. The highest BCUT2D eigenvalue weighted by molar-refractivity contribution is 5.88. The number of nitrogens with zero attached hydrogens (tertiary/aromatic N) is 1. The molecule has 1 saturated heterocycles. The van der Waals surface area contributed by atoms with Gasteiger partial charge in [-0.1, -0.05) is 13.8 Å². The summed E-state index contributed by atoms with van der Waals surface area (Å²) in [5.74, 6) is 0.166. The zero-order valence-corrected chi connectivity index (χ0v) is 7.89. The minimum atomic E-state index is -0.255. The number of hydrogen-bond acceptors (Lipinski definition) is 2. The van der Waals surface area contributed by atoms with E-state index in [-0.39, 0.29) is 23.7 Å². The predicted molar refractivity (Wildman–Crippen MR) is 45.7 cm³/mol. The van der Waals surface area contributed by atoms with Crippen molar-refractivity contribution in [1.29, 1.82) is 0 Å². The fourth-order valence-corrected chi connectivity index (χ4v) is 1.47. The average molecular weight is 169 g/mol. The molecule has 1 rings (SSSR count). The van der Waals surface area contributed by atoms with Crippen LogP contribution in [-0.2, 0) is 9.59 Å². The van der Waals surface area contributed by atoms with Gasteiger partial charge in [-0.05, 0) is 13.3 Å². The molecule has 0 N–H and O–H groups in total. The maximum Gasteiger partial charge on any atom is 0.228 e. The molecule has 1 aliphatic rings. The monoisotopic (exact) mass is 169 g/mol. The normalized spacial score (nSPS) is 21.6. The third-order valence-electron chi connectivity index (χ3n) is 2.29. The van der Waals surface area contributed by atoms with Gasteiger partial charge in [0, 0.05) is 12.0 Å². The molecule has 1 aliphatic heterocycles. The van der Waals surface area contributed by atoms with E-state index in [2.05, 4.69) is 0 Å². The summed E-state index contributed by atoms with van der Waals surface area (Å²) < 4.78 is 0. The van der Waals surface area contributed by atoms with E-state index in [1.807, 2.05) is 13.8 Å². The summed E-state index contributed by atoms with van der Waals surface area (Å²) in [6.07, 6.45) is 0.860. The van der Waals surface area contributed by atoms with E-state index in [9.17, 15) is 9.59 Å². The fourth-order valence-electron chi connectivity index (χ4n) is 1.47. The number of carbonyl (C=O) groups excluding carboxylic acids is 2. The minimum absolute atomic E-state index is 0.0565. The maximum absolute atomic E-state index is 11.5. The number of ketones is 1. The smallest absolute Gasteiger partial charge is 0.228 e. The van der Waals surface area contributed by atoms with Gasteiger partial charge in [-0.25, -0.2) is 0 Å². The summed E-state index contributed by atoms with van der Waals surface area (Å²) >= 11 is 0. The molecule has 12 heavy (non-hydrogen) atoms. The van der Waals surface area contributed by atoms with Crippen molar-refractivity contribution < 1.29 is 9.59 Å². The van der Waals surface area contributed by atoms with Crippen molar-refractivity contribution in [1.82, 2.24) is 4.90 Å². The maximum atomic E-state index is 11.5. The molecule has 0 atom stereocenters. The molecule has 0 aromatic heterocycles. The predicted octanol–water partition coefficient (Wildman–Crippen LogP) is 0.834. The van der Waals surface area contributed by atoms with Gasteiger partial charge in [0.1, 0.15) is 5.78 Å². The lowest BCUT2D eigenvalue weighted by Crippen LogP contribution is -2.34. The Hall–Kier alpha value is -0.860. The van der Waals surface area contributed by atoms with Crippen molar-refractivity contribution >= 4 is 11.7 Å². The second-order valence-corrected chi connectivity index (χ2v) is 4.06. The molecule has 0 saturated carbocycles. The zero-order chi connectivity index (χ0) is 9.35. The van der Waals surface area contributed by atoms with Crippen LogP contribution < -0.4 is 0 Å². The number of rotatable bonds is 2. The quantitative estimate of drug-likeness (QED) is 0.614. The number of likely N-dealkylation sites (tertiary alicyclic amines) is 1. The number of Topliss-reactive ketones (excluding diaryl/α,β-unsaturated/α-hetero) is 1. The molecule has 3 nitrogen and oxygen atoms in total. The van der Waals surface area contributed by atoms with Gasteiger partial charge in [0.2, 0.25) is 5.91 Å². The van der Waals surface area contributed by atoms with Gasteiger partial charge < -0.3 is 4.90 Å². The van der Waals surface area contributed by atoms with Gasteiger partial charge in [-0.15, -0.1) is 0 Å². The van der Waals surface area contributed by atoms with Crippen molar-refractivity contribution in [3.05, 3.63) is 0 Å². The minimum Gasteiger partial charge on any atom is -0.335 e. The summed E-state index contributed by atoms with van der Waals surface area (Å²) in [4.78, 5) is 23.9. The van der Waals surface area contributed by atoms with Crippen molar-refractivity contribution in [3.63, 3.8) is 0 Å². The first-order chi connectivity index (χ1) is 5.43. The average Bonchev–Trinajstić information content (AvgIpc) is 2.15. The lowest BCUT2D eigenvalue weighted by molar-refractivity contribution is -0.137. The van der Waals surface area contributed by atoms with Gasteiger partial charge in [0.05, 0.1) is 6.54 Å². The summed E-state index contributed by atoms with van der Waals surface area (Å²) in [6.45, 7) is 6.37. The van der Waals surface area contributed by atoms with E-state index in [4.69, 9.17) is 0 Å². The van der Waals surface area contributed by atoms with Gasteiger partial charge in [-0.3, -0.25) is 9.59 Å². The Kier molecular flexibility index (Phi) is 2.22. The van der Waals surface area contributed by atoms with E-state index in [0.717, 1.165) is 13.0 Å². The molecule has 0 spiro atoms. The van der Waals surface area contributed by atoms with Gasteiger partial charge >= 0.3 is 0 Å². The summed E-state index contributed by atoms with van der Waals surface area (Å²) in [5, 5.41) is 0. The van der Waals surface area contributed by atoms with E-state index in [1.165, 1.54) is 6.92 Å². The molecule has 0 radical (unpaired) electrons. The first-order valence-corrected chi connectivity index (χ1v) is 4.22. The van der Waals surface area contributed by atoms with Crippen LogP contribution in [0.15, 0.2) is 0 Å². The third-order valence-corrected chi connectivity index (χ3v) is 2.29. The third kappa shape index (κ3) is 1.65. The zero-order valence-electron chi connectivity index (χ0n) is 7.89. The lowest BCUT2D eigenvalue weighted by atomic mass is 9.92. The molecule has 0 aromatic carbocycles. The highest BCUT2D eigenvalue weighted by Gasteiger charge is 2.38. The van der Waals surface area contributed by atoms with Crippen LogP contribution in [0.5, 0.6) is 0 Å². The SMILES string of the molecule is CC(=O)CN1CCC(C)(C)C1=O. The van der Waals surface area contributed by atoms with Crippen LogP contribution >= 0.6 is 0 Å². The van der Waals surface area contributed by atoms with Gasteiger partial charge in [0.15, 0.2) is 0 Å². The first kappa shape index (κ1) is 9.23. The van der Waals surface area contributed by atoms with Crippen LogP contribution in [0.4, 0.5) is 0 Å². The molecule has 3 heteroatoms. The van der Waals surface area contributed by atoms with E-state index < -0.39 is 0 Å². The van der Waals surface area contributed by atoms with Crippen LogP contribution in [0.1, 0.15) is 27.2 Å². The van der Waals surface area contributed by atoms with E-state index in [1.54, 1.807) is 4.90 Å². The molecule has 1 heterocycles. The van der Waals surface area contributed by atoms with Crippen molar-refractivity contribution in [3.8, 4) is 0 Å². The van der Waals surface area contributed by atoms with Gasteiger partial charge in [-0.2, -0.15) is 0 Å². The number of amides is 1. The summed E-state index contributed by atoms with van der Waals surface area (Å²) in [6, 6.07) is 0. The molecule has 68 valence electrons. The highest BCUT2D eigenvalue weighted by atomic mass is 16.2. The molecule has 1 fully saturated rings. The summed E-state index contributed by atoms with van der Waals surface area (Å²) in [7, 11) is 0. The second kappa shape index (κ2) is 2.88. The van der Waals surface area contributed by atoms with Crippen molar-refractivity contribution in [2.75, 3.05) is 13.1 Å². The second-order valence-electron chi connectivity index (χ2n) is 4.06. The van der Waals surface area contributed by atoms with Crippen LogP contribution in [0, 0.1) is 5.41 Å². The van der Waals surface area contributed by atoms with Crippen LogP contribution in [-0.4, -0.2) is 29.7 Å². The Balaban J connectivity index is 2.62. The van der Waals surface area contributed by atoms with Crippen LogP contribution in [0.2, 0.25) is 0 Å². The Morgan fingerprint density at radius 3 is 2.50 bits per heavy atom. The number of carbonyl (C=O) groups is 2. The molecular weight excluding hydrogens is 154 g/mol. The standard InChI is InChI=1S/C9H15NO2/c1-7(11)6-10-5-4-9(2,3)8(10)12/h4-6H2,1-3H3. The van der Waals surface area contributed by atoms with E-state index in [0.29, 0.717) is 0 Å². The van der Waals surface area contributed by atoms with E-state index >= 15 is 0 Å². The number of hydrogen-bond donors (Lipinski definition) is 0. The fraction of sp³-hybridized carbons (Fsp3) is 0.778. The van der Waals surface area contributed by atoms with Crippen LogP contribution in [0.25, 0.3) is 0 Å². The largest absolute Gasteiger partial charge is 0.335 e. The van der Waals surface area contributed by atoms with Crippen molar-refractivity contribution in [2.24, 2.45) is 5.41 Å². The van der Waals surface area contributed by atoms with Crippen molar-refractivity contribution in [2.45, 2.75) is 27.2 Å². The van der Waals surface area contributed by atoms with Gasteiger partial charge in [0.25, 0.3) is 0 Å². The Morgan fingerprint density at radius 2 is 2.17 bits per heavy atom. The molecule has 0 bridgehead atoms. The Morgan fingerprint density at radius 1 is 1.58 bits per heavy atom. The molecule has 0 aliphatic carbocycles. The summed E-state index contributed by atoms with van der Waals surface area (Å²) in [5.41, 5.74) is -0.255. The topological polar surface area (TPSA) is 37.4 Å². The highest BCUT2D eigenvalue weighted by Crippen LogP contribution is 2.29. The molecular formula is C9H15NO2. The Labute approximate surface area is 72.7 Å². The first-order valence-electron chi connectivity index (χ1n) is 4.22. The lowest BCUT2D eigenvalue weighted by Gasteiger charge is -2.17. The molecule has 0 aromatic rings. The Bertz CT molecular complexity index is 221. The molecule has 0 unspecified atom stereocenters.